The van der Waals surface area contributed by atoms with Crippen molar-refractivity contribution in [2.45, 2.75) is 25.3 Å². The summed E-state index contributed by atoms with van der Waals surface area (Å²) in [7, 11) is 4.29. The van der Waals surface area contributed by atoms with Gasteiger partial charge in [-0.15, -0.1) is 0 Å². The predicted octanol–water partition coefficient (Wildman–Crippen LogP) is 4.95. The first-order chi connectivity index (χ1) is 11.6. The van der Waals surface area contributed by atoms with E-state index >= 15 is 0 Å². The molecule has 0 fully saturated rings. The van der Waals surface area contributed by atoms with Gasteiger partial charge < -0.3 is 15.1 Å². The molecule has 126 valence electrons. The molecule has 2 aromatic carbocycles. The first-order valence-corrected chi connectivity index (χ1v) is 9.53. The Morgan fingerprint density at radius 2 is 2.08 bits per heavy atom. The second-order valence-electron chi connectivity index (χ2n) is 7.06. The zero-order valence-corrected chi connectivity index (χ0v) is 15.9. The lowest BCUT2D eigenvalue weighted by Crippen LogP contribution is -2.16. The van der Waals surface area contributed by atoms with Crippen LogP contribution >= 0.6 is 15.9 Å². The average molecular weight is 386 g/mol. The molecule has 0 spiro atoms. The summed E-state index contributed by atoms with van der Waals surface area (Å²) in [6, 6.07) is 13.7. The minimum atomic E-state index is 0.362. The SMILES string of the molecule is CN(C)CCCC1Nc2ccccc2N2CCc3cc(Br)cc1c32. The molecule has 1 unspecified atom stereocenters. The highest BCUT2D eigenvalue weighted by Gasteiger charge is 2.31. The van der Waals surface area contributed by atoms with E-state index in [0.29, 0.717) is 6.04 Å². The van der Waals surface area contributed by atoms with Crippen LogP contribution < -0.4 is 10.2 Å². The highest BCUT2D eigenvalue weighted by Crippen LogP contribution is 2.48. The number of anilines is 3. The second-order valence-corrected chi connectivity index (χ2v) is 7.98. The third kappa shape index (κ3) is 2.82. The molecule has 1 atom stereocenters. The molecular formula is C20H24BrN3. The van der Waals surface area contributed by atoms with Gasteiger partial charge in [0.25, 0.3) is 0 Å². The van der Waals surface area contributed by atoms with Crippen LogP contribution in [0.5, 0.6) is 0 Å². The molecule has 0 aliphatic carbocycles. The second kappa shape index (κ2) is 6.41. The van der Waals surface area contributed by atoms with Crippen molar-refractivity contribution in [3.05, 3.63) is 52.0 Å². The third-order valence-electron chi connectivity index (χ3n) is 5.06. The molecule has 2 heterocycles. The largest absolute Gasteiger partial charge is 0.376 e. The van der Waals surface area contributed by atoms with Crippen LogP contribution in [0.3, 0.4) is 0 Å². The van der Waals surface area contributed by atoms with E-state index < -0.39 is 0 Å². The van der Waals surface area contributed by atoms with E-state index in [1.807, 2.05) is 0 Å². The van der Waals surface area contributed by atoms with Gasteiger partial charge in [-0.25, -0.2) is 0 Å². The number of hydrogen-bond donors (Lipinski definition) is 1. The van der Waals surface area contributed by atoms with E-state index in [9.17, 15) is 0 Å². The number of halogens is 1. The van der Waals surface area contributed by atoms with Crippen molar-refractivity contribution < 1.29 is 0 Å². The van der Waals surface area contributed by atoms with Gasteiger partial charge in [-0.05, 0) is 75.3 Å². The number of benzene rings is 2. The van der Waals surface area contributed by atoms with Crippen LogP contribution in [-0.2, 0) is 6.42 Å². The van der Waals surface area contributed by atoms with E-state index in [1.165, 1.54) is 39.1 Å². The molecule has 2 aromatic rings. The summed E-state index contributed by atoms with van der Waals surface area (Å²) in [4.78, 5) is 4.77. The number of fused-ring (bicyclic) bond motifs is 2. The molecule has 4 rings (SSSR count). The number of para-hydroxylation sites is 2. The molecule has 0 bridgehead atoms. The van der Waals surface area contributed by atoms with Crippen molar-refractivity contribution >= 4 is 33.0 Å². The lowest BCUT2D eigenvalue weighted by Gasteiger charge is -2.22. The molecule has 2 aliphatic rings. The smallest absolute Gasteiger partial charge is 0.0646 e. The fourth-order valence-electron chi connectivity index (χ4n) is 3.98. The fraction of sp³-hybridized carbons (Fsp3) is 0.400. The zero-order chi connectivity index (χ0) is 16.7. The minimum absolute atomic E-state index is 0.362. The Bertz CT molecular complexity index is 757. The Labute approximate surface area is 152 Å². The maximum absolute atomic E-state index is 3.83. The topological polar surface area (TPSA) is 18.5 Å². The zero-order valence-electron chi connectivity index (χ0n) is 14.3. The maximum atomic E-state index is 3.83. The van der Waals surface area contributed by atoms with Gasteiger partial charge in [-0.3, -0.25) is 0 Å². The number of hydrogen-bond acceptors (Lipinski definition) is 3. The van der Waals surface area contributed by atoms with Crippen molar-refractivity contribution in [1.29, 1.82) is 0 Å². The Morgan fingerprint density at radius 3 is 2.92 bits per heavy atom. The number of nitrogens with one attached hydrogen (secondary N) is 1. The summed E-state index contributed by atoms with van der Waals surface area (Å²) in [5.74, 6) is 0. The highest BCUT2D eigenvalue weighted by atomic mass is 79.9. The summed E-state index contributed by atoms with van der Waals surface area (Å²) in [5, 5.41) is 3.83. The molecule has 4 heteroatoms. The Hall–Kier alpha value is -1.52. The molecule has 1 N–H and O–H groups in total. The van der Waals surface area contributed by atoms with E-state index in [1.54, 1.807) is 0 Å². The summed E-state index contributed by atoms with van der Waals surface area (Å²) >= 11 is 3.73. The van der Waals surface area contributed by atoms with Gasteiger partial charge in [0.2, 0.25) is 0 Å². The number of nitrogens with zero attached hydrogens (tertiary/aromatic N) is 2. The fourth-order valence-corrected chi connectivity index (χ4v) is 4.51. The van der Waals surface area contributed by atoms with Crippen LogP contribution in [0, 0.1) is 0 Å². The molecule has 0 saturated carbocycles. The average Bonchev–Trinajstić information content (AvgIpc) is 2.91. The predicted molar refractivity (Wildman–Crippen MR) is 105 cm³/mol. The van der Waals surface area contributed by atoms with Crippen LogP contribution in [0.1, 0.15) is 30.0 Å². The van der Waals surface area contributed by atoms with E-state index in [0.717, 1.165) is 25.9 Å². The van der Waals surface area contributed by atoms with Crippen molar-refractivity contribution in [2.75, 3.05) is 37.4 Å². The molecule has 24 heavy (non-hydrogen) atoms. The Kier molecular flexibility index (Phi) is 4.27. The van der Waals surface area contributed by atoms with Crippen molar-refractivity contribution in [1.82, 2.24) is 4.90 Å². The summed E-state index contributed by atoms with van der Waals surface area (Å²) in [6.07, 6.45) is 3.46. The van der Waals surface area contributed by atoms with Crippen LogP contribution in [0.2, 0.25) is 0 Å². The van der Waals surface area contributed by atoms with Crippen molar-refractivity contribution in [3.8, 4) is 0 Å². The van der Waals surface area contributed by atoms with Crippen LogP contribution in [0.25, 0.3) is 0 Å². The van der Waals surface area contributed by atoms with E-state index in [-0.39, 0.29) is 0 Å². The van der Waals surface area contributed by atoms with Gasteiger partial charge in [0.15, 0.2) is 0 Å². The molecule has 0 saturated heterocycles. The monoisotopic (exact) mass is 385 g/mol. The van der Waals surface area contributed by atoms with Crippen LogP contribution in [0.15, 0.2) is 40.9 Å². The summed E-state index contributed by atoms with van der Waals surface area (Å²) < 4.78 is 1.20. The van der Waals surface area contributed by atoms with Gasteiger partial charge in [0.05, 0.1) is 17.4 Å². The molecule has 2 aliphatic heterocycles. The van der Waals surface area contributed by atoms with E-state index in [2.05, 4.69) is 81.5 Å². The molecule has 0 amide bonds. The van der Waals surface area contributed by atoms with Crippen molar-refractivity contribution in [2.24, 2.45) is 0 Å². The maximum Gasteiger partial charge on any atom is 0.0646 e. The van der Waals surface area contributed by atoms with Crippen LogP contribution in [0.4, 0.5) is 17.1 Å². The third-order valence-corrected chi connectivity index (χ3v) is 5.51. The molecule has 3 nitrogen and oxygen atoms in total. The molecule has 0 aromatic heterocycles. The van der Waals surface area contributed by atoms with Crippen molar-refractivity contribution in [3.63, 3.8) is 0 Å². The Balaban J connectivity index is 1.77. The summed E-state index contributed by atoms with van der Waals surface area (Å²) in [5.41, 5.74) is 6.91. The Morgan fingerprint density at radius 1 is 1.25 bits per heavy atom. The molecule has 0 radical (unpaired) electrons. The lowest BCUT2D eigenvalue weighted by molar-refractivity contribution is 0.388. The quantitative estimate of drug-likeness (QED) is 0.802. The normalized spacial score (nSPS) is 18.2. The lowest BCUT2D eigenvalue weighted by atomic mass is 9.97. The minimum Gasteiger partial charge on any atom is -0.376 e. The van der Waals surface area contributed by atoms with Gasteiger partial charge in [0, 0.05) is 16.7 Å². The standard InChI is InChI=1S/C20H24BrN3/c1-23(2)10-5-7-17-16-13-15(21)12-14-9-11-24(20(14)16)19-8-4-3-6-18(19)22-17/h3-4,6,8,12-13,17,22H,5,7,9-11H2,1-2H3. The summed E-state index contributed by atoms with van der Waals surface area (Å²) in [6.45, 7) is 2.20. The first kappa shape index (κ1) is 16.0. The van der Waals surface area contributed by atoms with Crippen LogP contribution in [-0.4, -0.2) is 32.1 Å². The van der Waals surface area contributed by atoms with Gasteiger partial charge in [-0.2, -0.15) is 0 Å². The number of rotatable bonds is 4. The first-order valence-electron chi connectivity index (χ1n) is 8.73. The highest BCUT2D eigenvalue weighted by molar-refractivity contribution is 9.10. The van der Waals surface area contributed by atoms with Gasteiger partial charge >= 0.3 is 0 Å². The molecular weight excluding hydrogens is 362 g/mol. The van der Waals surface area contributed by atoms with Gasteiger partial charge in [0.1, 0.15) is 0 Å². The van der Waals surface area contributed by atoms with E-state index in [4.69, 9.17) is 0 Å². The van der Waals surface area contributed by atoms with Gasteiger partial charge in [-0.1, -0.05) is 28.1 Å².